The highest BCUT2D eigenvalue weighted by Gasteiger charge is 2.16. The summed E-state index contributed by atoms with van der Waals surface area (Å²) in [5.74, 6) is 5.55. The summed E-state index contributed by atoms with van der Waals surface area (Å²) in [6.45, 7) is 7.16. The Bertz CT molecular complexity index is 435. The molecule has 1 heterocycles. The molecule has 1 aromatic rings. The molecule has 0 aliphatic carbocycles. The molecule has 16 heavy (non-hydrogen) atoms. The molecule has 1 rings (SSSR count). The molecule has 0 spiro atoms. The molecule has 0 aliphatic heterocycles. The van der Waals surface area contributed by atoms with Crippen molar-refractivity contribution in [1.82, 2.24) is 4.98 Å². The van der Waals surface area contributed by atoms with Crippen molar-refractivity contribution < 1.29 is 9.53 Å². The normalized spacial score (nSPS) is 10.2. The number of anilines is 1. The first-order chi connectivity index (χ1) is 7.40. The van der Waals surface area contributed by atoms with Crippen LogP contribution in [0.2, 0.25) is 0 Å². The number of thiazole rings is 1. The zero-order valence-corrected chi connectivity index (χ0v) is 10.6. The number of aromatic nitrogens is 1. The van der Waals surface area contributed by atoms with Crippen LogP contribution in [0.1, 0.15) is 33.4 Å². The third kappa shape index (κ3) is 4.32. The van der Waals surface area contributed by atoms with Gasteiger partial charge in [0.2, 0.25) is 0 Å². The number of carbonyl (C=O) groups excluding carboxylic acids is 1. The molecule has 0 saturated heterocycles. The fourth-order valence-corrected chi connectivity index (χ4v) is 1.54. The predicted octanol–water partition coefficient (Wildman–Crippen LogP) is 2.86. The van der Waals surface area contributed by atoms with Gasteiger partial charge in [-0.1, -0.05) is 5.92 Å². The molecular weight excluding hydrogens is 224 g/mol. The minimum Gasteiger partial charge on any atom is -0.444 e. The second-order valence-electron chi connectivity index (χ2n) is 4.04. The number of rotatable bonds is 1. The van der Waals surface area contributed by atoms with Crippen LogP contribution in [-0.2, 0) is 4.74 Å². The average Bonchev–Trinajstić information content (AvgIpc) is 2.49. The van der Waals surface area contributed by atoms with Crippen molar-refractivity contribution in [3.05, 3.63) is 11.1 Å². The van der Waals surface area contributed by atoms with Crippen LogP contribution in [0.15, 0.2) is 5.38 Å². The summed E-state index contributed by atoms with van der Waals surface area (Å²) in [6, 6.07) is 0. The van der Waals surface area contributed by atoms with Crippen molar-refractivity contribution >= 4 is 22.6 Å². The zero-order chi connectivity index (χ0) is 12.2. The quantitative estimate of drug-likeness (QED) is 0.765. The van der Waals surface area contributed by atoms with E-state index in [2.05, 4.69) is 22.1 Å². The van der Waals surface area contributed by atoms with E-state index in [0.29, 0.717) is 10.8 Å². The molecule has 86 valence electrons. The summed E-state index contributed by atoms with van der Waals surface area (Å²) < 4.78 is 5.09. The summed E-state index contributed by atoms with van der Waals surface area (Å²) in [6.07, 6.45) is -0.502. The van der Waals surface area contributed by atoms with Crippen LogP contribution >= 0.6 is 11.3 Å². The first-order valence-corrected chi connectivity index (χ1v) is 5.67. The van der Waals surface area contributed by atoms with Gasteiger partial charge in [-0.2, -0.15) is 0 Å². The largest absolute Gasteiger partial charge is 0.444 e. The molecule has 0 aromatic carbocycles. The predicted molar refractivity (Wildman–Crippen MR) is 64.5 cm³/mol. The van der Waals surface area contributed by atoms with Crippen LogP contribution in [-0.4, -0.2) is 16.7 Å². The maximum atomic E-state index is 11.4. The van der Waals surface area contributed by atoms with E-state index in [0.717, 1.165) is 0 Å². The third-order valence-corrected chi connectivity index (χ3v) is 2.12. The first kappa shape index (κ1) is 12.5. The Labute approximate surface area is 99.0 Å². The van der Waals surface area contributed by atoms with Gasteiger partial charge in [0.15, 0.2) is 5.13 Å². The highest BCUT2D eigenvalue weighted by atomic mass is 32.1. The van der Waals surface area contributed by atoms with Crippen molar-refractivity contribution in [2.24, 2.45) is 0 Å². The number of nitrogens with zero attached hydrogens (tertiary/aromatic N) is 1. The Morgan fingerprint density at radius 1 is 1.56 bits per heavy atom. The molecule has 5 heteroatoms. The maximum absolute atomic E-state index is 11.4. The standard InChI is InChI=1S/C11H14N2O2S/c1-5-6-8-7-16-9(12-8)13-10(14)15-11(2,3)4/h7H,1-4H3,(H,12,13,14). The first-order valence-electron chi connectivity index (χ1n) is 4.79. The van der Waals surface area contributed by atoms with Gasteiger partial charge in [-0.25, -0.2) is 9.78 Å². The van der Waals surface area contributed by atoms with Crippen molar-refractivity contribution in [1.29, 1.82) is 0 Å². The number of hydrogen-bond acceptors (Lipinski definition) is 4. The zero-order valence-electron chi connectivity index (χ0n) is 9.75. The third-order valence-electron chi connectivity index (χ3n) is 1.37. The van der Waals surface area contributed by atoms with Crippen molar-refractivity contribution in [3.8, 4) is 11.8 Å². The second-order valence-corrected chi connectivity index (χ2v) is 4.90. The van der Waals surface area contributed by atoms with Gasteiger partial charge in [-0.05, 0) is 33.6 Å². The number of hydrogen-bond donors (Lipinski definition) is 1. The molecule has 4 nitrogen and oxygen atoms in total. The molecule has 0 radical (unpaired) electrons. The summed E-state index contributed by atoms with van der Waals surface area (Å²) in [7, 11) is 0. The van der Waals surface area contributed by atoms with Crippen LogP contribution in [0, 0.1) is 11.8 Å². The minimum atomic E-state index is -0.507. The monoisotopic (exact) mass is 238 g/mol. The number of carbonyl (C=O) groups is 1. The van der Waals surface area contributed by atoms with Crippen LogP contribution in [0.5, 0.6) is 0 Å². The number of ether oxygens (including phenoxy) is 1. The van der Waals surface area contributed by atoms with E-state index in [1.165, 1.54) is 11.3 Å². The molecule has 1 N–H and O–H groups in total. The van der Waals surface area contributed by atoms with Crippen LogP contribution in [0.25, 0.3) is 0 Å². The van der Waals surface area contributed by atoms with E-state index in [1.807, 2.05) is 20.8 Å². The lowest BCUT2D eigenvalue weighted by molar-refractivity contribution is 0.0636. The van der Waals surface area contributed by atoms with Crippen molar-refractivity contribution in [2.45, 2.75) is 33.3 Å². The topological polar surface area (TPSA) is 51.2 Å². The van der Waals surface area contributed by atoms with Gasteiger partial charge in [0, 0.05) is 5.38 Å². The van der Waals surface area contributed by atoms with Gasteiger partial charge in [-0.15, -0.1) is 11.3 Å². The van der Waals surface area contributed by atoms with Gasteiger partial charge < -0.3 is 4.74 Å². The van der Waals surface area contributed by atoms with Gasteiger partial charge in [-0.3, -0.25) is 5.32 Å². The van der Waals surface area contributed by atoms with Gasteiger partial charge >= 0.3 is 6.09 Å². The Morgan fingerprint density at radius 2 is 2.25 bits per heavy atom. The molecule has 0 bridgehead atoms. The molecule has 0 saturated carbocycles. The second kappa shape index (κ2) is 4.99. The molecular formula is C11H14N2O2S. The van der Waals surface area contributed by atoms with E-state index in [1.54, 1.807) is 12.3 Å². The fraction of sp³-hybridized carbons (Fsp3) is 0.455. The highest BCUT2D eigenvalue weighted by molar-refractivity contribution is 7.14. The Hall–Kier alpha value is -1.54. The van der Waals surface area contributed by atoms with Crippen molar-refractivity contribution in [3.63, 3.8) is 0 Å². The molecule has 1 aromatic heterocycles. The van der Waals surface area contributed by atoms with E-state index in [-0.39, 0.29) is 0 Å². The molecule has 0 fully saturated rings. The molecule has 0 aliphatic rings. The lowest BCUT2D eigenvalue weighted by Gasteiger charge is -2.18. The lowest BCUT2D eigenvalue weighted by Crippen LogP contribution is -2.27. The van der Waals surface area contributed by atoms with E-state index < -0.39 is 11.7 Å². The average molecular weight is 238 g/mol. The van der Waals surface area contributed by atoms with E-state index >= 15 is 0 Å². The van der Waals surface area contributed by atoms with Crippen LogP contribution in [0.3, 0.4) is 0 Å². The number of amides is 1. The summed E-state index contributed by atoms with van der Waals surface area (Å²) in [5.41, 5.74) is 0.145. The Morgan fingerprint density at radius 3 is 2.81 bits per heavy atom. The molecule has 0 unspecified atom stereocenters. The summed E-state index contributed by atoms with van der Waals surface area (Å²) >= 11 is 1.32. The SMILES string of the molecule is CC#Cc1csc(NC(=O)OC(C)(C)C)n1. The lowest BCUT2D eigenvalue weighted by atomic mass is 10.2. The smallest absolute Gasteiger partial charge is 0.413 e. The minimum absolute atomic E-state index is 0.493. The maximum Gasteiger partial charge on any atom is 0.413 e. The Kier molecular flexibility index (Phi) is 3.91. The highest BCUT2D eigenvalue weighted by Crippen LogP contribution is 2.16. The summed E-state index contributed by atoms with van der Waals surface area (Å²) in [4.78, 5) is 15.5. The van der Waals surface area contributed by atoms with Gasteiger partial charge in [0.1, 0.15) is 11.3 Å². The van der Waals surface area contributed by atoms with Crippen molar-refractivity contribution in [2.75, 3.05) is 5.32 Å². The van der Waals surface area contributed by atoms with Gasteiger partial charge in [0.05, 0.1) is 0 Å². The Balaban J connectivity index is 2.59. The summed E-state index contributed by atoms with van der Waals surface area (Å²) in [5, 5.41) is 4.83. The van der Waals surface area contributed by atoms with Crippen LogP contribution < -0.4 is 5.32 Å². The van der Waals surface area contributed by atoms with Crippen LogP contribution in [0.4, 0.5) is 9.93 Å². The van der Waals surface area contributed by atoms with Gasteiger partial charge in [0.25, 0.3) is 0 Å². The molecule has 0 atom stereocenters. The van der Waals surface area contributed by atoms with E-state index in [9.17, 15) is 4.79 Å². The van der Waals surface area contributed by atoms with E-state index in [4.69, 9.17) is 4.74 Å². The fourth-order valence-electron chi connectivity index (χ4n) is 0.908. The molecule has 1 amide bonds. The number of nitrogens with one attached hydrogen (secondary N) is 1.